The van der Waals surface area contributed by atoms with E-state index in [1.54, 1.807) is 37.1 Å². The molecule has 0 bridgehead atoms. The Morgan fingerprint density at radius 2 is 2.00 bits per heavy atom. The zero-order valence-corrected chi connectivity index (χ0v) is 22.3. The molecule has 0 aliphatic carbocycles. The molecule has 3 aromatic rings. The number of alkyl halides is 2. The topological polar surface area (TPSA) is 47.4 Å². The van der Waals surface area contributed by atoms with Gasteiger partial charge in [-0.1, -0.05) is 31.5 Å². The van der Waals surface area contributed by atoms with Gasteiger partial charge in [-0.05, 0) is 72.9 Å². The van der Waals surface area contributed by atoms with Crippen molar-refractivity contribution in [2.75, 3.05) is 13.2 Å². The molecule has 1 aliphatic rings. The number of nitrogens with zero attached hydrogens (tertiary/aromatic N) is 3. The fourth-order valence-electron chi connectivity index (χ4n) is 5.28. The van der Waals surface area contributed by atoms with E-state index in [1.165, 1.54) is 5.56 Å². The first-order valence-corrected chi connectivity index (χ1v) is 13.2. The summed E-state index contributed by atoms with van der Waals surface area (Å²) in [4.78, 5) is 13.8. The Morgan fingerprint density at radius 3 is 2.68 bits per heavy atom. The SMILES string of the molecule is CCC(CCCCc1cc(-c2cnn(C)c2)c(C(F)F)cc1C)c1ccc2c(c1)CN(C(C)=O)CCO2. The fourth-order valence-corrected chi connectivity index (χ4v) is 5.28. The maximum atomic E-state index is 13.8. The first kappa shape index (κ1) is 26.8. The summed E-state index contributed by atoms with van der Waals surface area (Å²) in [5.41, 5.74) is 5.74. The molecule has 1 aliphatic heterocycles. The van der Waals surface area contributed by atoms with Gasteiger partial charge in [0.05, 0.1) is 12.7 Å². The number of benzene rings is 2. The van der Waals surface area contributed by atoms with Crippen molar-refractivity contribution in [1.29, 1.82) is 0 Å². The molecule has 1 aromatic heterocycles. The van der Waals surface area contributed by atoms with Crippen molar-refractivity contribution in [1.82, 2.24) is 14.7 Å². The van der Waals surface area contributed by atoms with E-state index in [4.69, 9.17) is 4.74 Å². The Bertz CT molecular complexity index is 1240. The number of fused-ring (bicyclic) bond motifs is 1. The highest BCUT2D eigenvalue weighted by Gasteiger charge is 2.20. The third-order valence-corrected chi connectivity index (χ3v) is 7.48. The number of aromatic nitrogens is 2. The Labute approximate surface area is 218 Å². The molecule has 4 rings (SSSR count). The molecule has 198 valence electrons. The van der Waals surface area contributed by atoms with E-state index >= 15 is 0 Å². The van der Waals surface area contributed by atoms with Crippen molar-refractivity contribution < 1.29 is 18.3 Å². The van der Waals surface area contributed by atoms with Gasteiger partial charge in [-0.25, -0.2) is 8.78 Å². The normalized spacial score (nSPS) is 14.3. The number of hydrogen-bond acceptors (Lipinski definition) is 3. The highest BCUT2D eigenvalue weighted by Crippen LogP contribution is 2.35. The molecule has 37 heavy (non-hydrogen) atoms. The van der Waals surface area contributed by atoms with Gasteiger partial charge >= 0.3 is 0 Å². The summed E-state index contributed by atoms with van der Waals surface area (Å²) in [5, 5.41) is 4.17. The van der Waals surface area contributed by atoms with Crippen LogP contribution in [0.25, 0.3) is 11.1 Å². The van der Waals surface area contributed by atoms with E-state index in [0.717, 1.165) is 60.1 Å². The van der Waals surface area contributed by atoms with Crippen molar-refractivity contribution >= 4 is 5.91 Å². The molecule has 0 saturated carbocycles. The van der Waals surface area contributed by atoms with Crippen LogP contribution < -0.4 is 4.74 Å². The summed E-state index contributed by atoms with van der Waals surface area (Å²) in [6, 6.07) is 9.98. The van der Waals surface area contributed by atoms with E-state index in [9.17, 15) is 13.6 Å². The lowest BCUT2D eigenvalue weighted by molar-refractivity contribution is -0.129. The monoisotopic (exact) mass is 509 g/mol. The van der Waals surface area contributed by atoms with Crippen LogP contribution in [-0.4, -0.2) is 33.7 Å². The molecule has 0 spiro atoms. The van der Waals surface area contributed by atoms with Gasteiger partial charge in [0.25, 0.3) is 6.43 Å². The van der Waals surface area contributed by atoms with Crippen LogP contribution in [0.4, 0.5) is 8.78 Å². The highest BCUT2D eigenvalue weighted by atomic mass is 19.3. The summed E-state index contributed by atoms with van der Waals surface area (Å²) in [5.74, 6) is 1.36. The van der Waals surface area contributed by atoms with Crippen LogP contribution in [0.2, 0.25) is 0 Å². The smallest absolute Gasteiger partial charge is 0.264 e. The highest BCUT2D eigenvalue weighted by molar-refractivity contribution is 5.73. The van der Waals surface area contributed by atoms with Crippen LogP contribution in [0.1, 0.15) is 79.7 Å². The van der Waals surface area contributed by atoms with Crippen LogP contribution in [0.3, 0.4) is 0 Å². The molecular weight excluding hydrogens is 472 g/mol. The molecule has 2 aromatic carbocycles. The van der Waals surface area contributed by atoms with E-state index in [-0.39, 0.29) is 11.5 Å². The number of amides is 1. The summed E-state index contributed by atoms with van der Waals surface area (Å²) in [6.07, 6.45) is 5.88. The van der Waals surface area contributed by atoms with Crippen LogP contribution in [0.15, 0.2) is 42.7 Å². The predicted molar refractivity (Wildman–Crippen MR) is 142 cm³/mol. The molecule has 0 N–H and O–H groups in total. The van der Waals surface area contributed by atoms with Gasteiger partial charge < -0.3 is 9.64 Å². The van der Waals surface area contributed by atoms with E-state index in [2.05, 4.69) is 24.2 Å². The maximum Gasteiger partial charge on any atom is 0.264 e. The minimum absolute atomic E-state index is 0.0656. The second kappa shape index (κ2) is 11.9. The number of hydrogen-bond donors (Lipinski definition) is 0. The second-order valence-electron chi connectivity index (χ2n) is 10.1. The Kier molecular flexibility index (Phi) is 8.62. The average Bonchev–Trinajstić information content (AvgIpc) is 3.18. The minimum atomic E-state index is -2.53. The van der Waals surface area contributed by atoms with Gasteiger partial charge in [-0.3, -0.25) is 9.48 Å². The maximum absolute atomic E-state index is 13.8. The molecule has 7 heteroatoms. The third kappa shape index (κ3) is 6.38. The zero-order chi connectivity index (χ0) is 26.5. The zero-order valence-electron chi connectivity index (χ0n) is 22.3. The van der Waals surface area contributed by atoms with Crippen molar-refractivity contribution in [2.45, 2.75) is 71.8 Å². The first-order chi connectivity index (χ1) is 17.8. The van der Waals surface area contributed by atoms with E-state index in [0.29, 0.717) is 31.2 Å². The largest absolute Gasteiger partial charge is 0.491 e. The summed E-state index contributed by atoms with van der Waals surface area (Å²) in [6.45, 7) is 7.45. The van der Waals surface area contributed by atoms with Gasteiger partial charge in [-0.15, -0.1) is 0 Å². The van der Waals surface area contributed by atoms with Crippen LogP contribution in [0.5, 0.6) is 5.75 Å². The van der Waals surface area contributed by atoms with Crippen molar-refractivity contribution in [3.05, 3.63) is 70.5 Å². The lowest BCUT2D eigenvalue weighted by Crippen LogP contribution is -2.30. The molecule has 0 saturated heterocycles. The summed E-state index contributed by atoms with van der Waals surface area (Å²) < 4.78 is 35.0. The van der Waals surface area contributed by atoms with Crippen molar-refractivity contribution in [2.24, 2.45) is 7.05 Å². The molecule has 0 fully saturated rings. The number of aryl methyl sites for hydroxylation is 3. The number of ether oxygens (including phenoxy) is 1. The van der Waals surface area contributed by atoms with E-state index in [1.807, 2.05) is 24.0 Å². The van der Waals surface area contributed by atoms with Crippen LogP contribution >= 0.6 is 0 Å². The van der Waals surface area contributed by atoms with Crippen LogP contribution in [0, 0.1) is 6.92 Å². The number of unbranched alkanes of at least 4 members (excludes halogenated alkanes) is 1. The second-order valence-corrected chi connectivity index (χ2v) is 10.1. The Balaban J connectivity index is 1.42. The molecule has 2 heterocycles. The Hall–Kier alpha value is -3.22. The molecule has 1 unspecified atom stereocenters. The van der Waals surface area contributed by atoms with Gasteiger partial charge in [0, 0.05) is 43.4 Å². The van der Waals surface area contributed by atoms with Crippen molar-refractivity contribution in [3.8, 4) is 16.9 Å². The summed E-state index contributed by atoms with van der Waals surface area (Å²) in [7, 11) is 1.79. The molecule has 1 amide bonds. The quantitative estimate of drug-likeness (QED) is 0.292. The predicted octanol–water partition coefficient (Wildman–Crippen LogP) is 6.98. The molecule has 5 nitrogen and oxygen atoms in total. The van der Waals surface area contributed by atoms with Crippen molar-refractivity contribution in [3.63, 3.8) is 0 Å². The number of halogens is 2. The van der Waals surface area contributed by atoms with Gasteiger partial charge in [0.15, 0.2) is 0 Å². The fraction of sp³-hybridized carbons (Fsp3) is 0.467. The summed E-state index contributed by atoms with van der Waals surface area (Å²) >= 11 is 0. The number of carbonyl (C=O) groups excluding carboxylic acids is 1. The van der Waals surface area contributed by atoms with E-state index < -0.39 is 6.43 Å². The lowest BCUT2D eigenvalue weighted by atomic mass is 9.88. The van der Waals surface area contributed by atoms with Gasteiger partial charge in [-0.2, -0.15) is 5.10 Å². The van der Waals surface area contributed by atoms with Crippen LogP contribution in [-0.2, 0) is 24.8 Å². The molecule has 1 atom stereocenters. The minimum Gasteiger partial charge on any atom is -0.491 e. The van der Waals surface area contributed by atoms with Gasteiger partial charge in [0.2, 0.25) is 5.91 Å². The third-order valence-electron chi connectivity index (χ3n) is 7.48. The lowest BCUT2D eigenvalue weighted by Gasteiger charge is -2.20. The number of carbonyl (C=O) groups is 1. The Morgan fingerprint density at radius 1 is 1.19 bits per heavy atom. The number of rotatable bonds is 9. The first-order valence-electron chi connectivity index (χ1n) is 13.2. The molecule has 0 radical (unpaired) electrons. The standard InChI is InChI=1S/C30H37F2N3O2/c1-5-22(24-10-11-29-25(15-24)19-35(21(3)36)12-13-37-29)8-6-7-9-23-16-27(26-17-33-34(4)18-26)28(30(31)32)14-20(23)2/h10-11,14-18,22,30H,5-9,12-13,19H2,1-4H3. The van der Waals surface area contributed by atoms with Gasteiger partial charge in [0.1, 0.15) is 12.4 Å². The molecular formula is C30H37F2N3O2. The average molecular weight is 510 g/mol.